The molecule has 0 fully saturated rings. The van der Waals surface area contributed by atoms with E-state index in [1.54, 1.807) is 31.2 Å². The predicted molar refractivity (Wildman–Crippen MR) is 104 cm³/mol. The first-order valence-corrected chi connectivity index (χ1v) is 10.0. The van der Waals surface area contributed by atoms with Crippen LogP contribution in [0.1, 0.15) is 17.5 Å². The molecule has 0 saturated heterocycles. The Labute approximate surface area is 168 Å². The molecular weight excluding hydrogens is 410 g/mol. The topological polar surface area (TPSA) is 94.3 Å². The van der Waals surface area contributed by atoms with E-state index in [9.17, 15) is 9.59 Å². The van der Waals surface area contributed by atoms with Gasteiger partial charge in [0.05, 0.1) is 17.4 Å². The molecule has 0 aliphatic heterocycles. The van der Waals surface area contributed by atoms with Crippen molar-refractivity contribution in [2.75, 3.05) is 17.7 Å². The normalized spacial score (nSPS) is 10.6. The van der Waals surface area contributed by atoms with Crippen LogP contribution in [-0.2, 0) is 9.53 Å². The van der Waals surface area contributed by atoms with Gasteiger partial charge in [-0.15, -0.1) is 10.2 Å². The van der Waals surface area contributed by atoms with Gasteiger partial charge in [0, 0.05) is 5.56 Å². The van der Waals surface area contributed by atoms with Crippen LogP contribution >= 0.6 is 34.7 Å². The van der Waals surface area contributed by atoms with Crippen LogP contribution in [0, 0.1) is 0 Å². The van der Waals surface area contributed by atoms with Gasteiger partial charge >= 0.3 is 5.97 Å². The van der Waals surface area contributed by atoms with E-state index in [1.165, 1.54) is 11.8 Å². The van der Waals surface area contributed by atoms with E-state index in [-0.39, 0.29) is 17.5 Å². The van der Waals surface area contributed by atoms with Crippen molar-refractivity contribution in [3.63, 3.8) is 0 Å². The van der Waals surface area contributed by atoms with Gasteiger partial charge in [-0.1, -0.05) is 46.8 Å². The molecule has 0 spiro atoms. The highest BCUT2D eigenvalue weighted by atomic mass is 35.5. The Balaban J connectivity index is 1.61. The van der Waals surface area contributed by atoms with Gasteiger partial charge < -0.3 is 9.15 Å². The van der Waals surface area contributed by atoms with Crippen molar-refractivity contribution in [2.45, 2.75) is 11.3 Å². The summed E-state index contributed by atoms with van der Waals surface area (Å²) in [6, 6.07) is 10.4. The molecule has 1 N–H and O–H groups in total. The average molecular weight is 424 g/mol. The largest absolute Gasteiger partial charge is 0.465 e. The number of hydrogen-bond acceptors (Lipinski definition) is 8. The number of anilines is 1. The summed E-state index contributed by atoms with van der Waals surface area (Å²) in [7, 11) is 0. The maximum absolute atomic E-state index is 12.3. The number of carbonyl (C=O) groups excluding carboxylic acids is 2. The van der Waals surface area contributed by atoms with Crippen molar-refractivity contribution in [1.82, 2.24) is 10.2 Å². The van der Waals surface area contributed by atoms with Crippen molar-refractivity contribution in [3.8, 4) is 11.3 Å². The minimum absolute atomic E-state index is 0.126. The standard InChI is InChI=1S/C17H14ClN3O4S2/c1-2-24-14(22)9-26-17-21-20-16(27-17)19-15(23)13-8-7-12(25-13)10-5-3-4-6-11(10)18/h3-8H,2,9H2,1H3,(H,19,20,23). The van der Waals surface area contributed by atoms with Crippen LogP contribution in [0.3, 0.4) is 0 Å². The maximum Gasteiger partial charge on any atom is 0.316 e. The van der Waals surface area contributed by atoms with Gasteiger partial charge in [0.2, 0.25) is 5.13 Å². The molecule has 2 aromatic heterocycles. The molecule has 1 amide bonds. The van der Waals surface area contributed by atoms with Crippen LogP contribution in [0.25, 0.3) is 11.3 Å². The average Bonchev–Trinajstić information content (AvgIpc) is 3.30. The summed E-state index contributed by atoms with van der Waals surface area (Å²) in [6.45, 7) is 2.07. The van der Waals surface area contributed by atoms with E-state index in [0.717, 1.165) is 11.3 Å². The van der Waals surface area contributed by atoms with Crippen molar-refractivity contribution in [2.24, 2.45) is 0 Å². The number of thioether (sulfide) groups is 1. The molecular formula is C17H14ClN3O4S2. The van der Waals surface area contributed by atoms with Crippen LogP contribution < -0.4 is 5.32 Å². The molecule has 7 nitrogen and oxygen atoms in total. The zero-order valence-corrected chi connectivity index (χ0v) is 16.5. The molecule has 0 unspecified atom stereocenters. The summed E-state index contributed by atoms with van der Waals surface area (Å²) in [4.78, 5) is 23.7. The molecule has 0 saturated carbocycles. The fourth-order valence-corrected chi connectivity index (χ4v) is 3.84. The minimum Gasteiger partial charge on any atom is -0.465 e. The predicted octanol–water partition coefficient (Wildman–Crippen LogP) is 4.36. The second-order valence-electron chi connectivity index (χ2n) is 5.06. The van der Waals surface area contributed by atoms with E-state index >= 15 is 0 Å². The van der Waals surface area contributed by atoms with Crippen molar-refractivity contribution < 1.29 is 18.7 Å². The highest BCUT2D eigenvalue weighted by molar-refractivity contribution is 8.01. The number of ether oxygens (including phenoxy) is 1. The molecule has 10 heteroatoms. The second-order valence-corrected chi connectivity index (χ2v) is 7.67. The Hall–Kier alpha value is -2.36. The molecule has 0 radical (unpaired) electrons. The van der Waals surface area contributed by atoms with Crippen LogP contribution in [-0.4, -0.2) is 34.4 Å². The maximum atomic E-state index is 12.3. The second kappa shape index (κ2) is 9.03. The Bertz CT molecular complexity index is 957. The first kappa shape index (κ1) is 19.4. The number of halogens is 1. The van der Waals surface area contributed by atoms with Crippen molar-refractivity contribution >= 4 is 51.7 Å². The number of nitrogens with one attached hydrogen (secondary N) is 1. The molecule has 0 aliphatic carbocycles. The SMILES string of the molecule is CCOC(=O)CSc1nnc(NC(=O)c2ccc(-c3ccccc3Cl)o2)s1. The summed E-state index contributed by atoms with van der Waals surface area (Å²) >= 11 is 8.50. The molecule has 1 aromatic carbocycles. The molecule has 140 valence electrons. The molecule has 0 aliphatic rings. The number of nitrogens with zero attached hydrogens (tertiary/aromatic N) is 2. The lowest BCUT2D eigenvalue weighted by molar-refractivity contribution is -0.139. The quantitative estimate of drug-likeness (QED) is 0.342. The molecule has 2 heterocycles. The number of furan rings is 1. The van der Waals surface area contributed by atoms with E-state index < -0.39 is 5.91 Å². The molecule has 3 aromatic rings. The molecule has 27 heavy (non-hydrogen) atoms. The Kier molecular flexibility index (Phi) is 6.49. The van der Waals surface area contributed by atoms with Crippen LogP contribution in [0.4, 0.5) is 5.13 Å². The van der Waals surface area contributed by atoms with Gasteiger partial charge in [-0.2, -0.15) is 0 Å². The number of esters is 1. The summed E-state index contributed by atoms with van der Waals surface area (Å²) < 4.78 is 11.0. The van der Waals surface area contributed by atoms with E-state index in [1.807, 2.05) is 12.1 Å². The number of hydrogen-bond donors (Lipinski definition) is 1. The lowest BCUT2D eigenvalue weighted by Crippen LogP contribution is -2.10. The van der Waals surface area contributed by atoms with Gasteiger partial charge in [0.15, 0.2) is 10.1 Å². The minimum atomic E-state index is -0.452. The van der Waals surface area contributed by atoms with Gasteiger partial charge in [-0.3, -0.25) is 14.9 Å². The number of rotatable bonds is 7. The van der Waals surface area contributed by atoms with E-state index in [0.29, 0.717) is 32.4 Å². The van der Waals surface area contributed by atoms with Gasteiger partial charge in [0.25, 0.3) is 5.91 Å². The fraction of sp³-hybridized carbons (Fsp3) is 0.176. The van der Waals surface area contributed by atoms with Crippen LogP contribution in [0.5, 0.6) is 0 Å². The number of amides is 1. The lowest BCUT2D eigenvalue weighted by atomic mass is 10.2. The van der Waals surface area contributed by atoms with Gasteiger partial charge in [-0.05, 0) is 31.2 Å². The number of aromatic nitrogens is 2. The Morgan fingerprint density at radius 1 is 1.26 bits per heavy atom. The monoisotopic (exact) mass is 423 g/mol. The molecule has 0 atom stereocenters. The summed E-state index contributed by atoms with van der Waals surface area (Å²) in [6.07, 6.45) is 0. The first-order chi connectivity index (χ1) is 13.1. The summed E-state index contributed by atoms with van der Waals surface area (Å²) in [5, 5.41) is 11.3. The Morgan fingerprint density at radius 2 is 2.07 bits per heavy atom. The third kappa shape index (κ3) is 5.09. The van der Waals surface area contributed by atoms with E-state index in [4.69, 9.17) is 20.8 Å². The molecule has 3 rings (SSSR count). The summed E-state index contributed by atoms with van der Waals surface area (Å²) in [5.74, 6) is -0.0255. The Morgan fingerprint density at radius 3 is 2.85 bits per heavy atom. The van der Waals surface area contributed by atoms with Crippen molar-refractivity contribution in [3.05, 3.63) is 47.2 Å². The highest BCUT2D eigenvalue weighted by Gasteiger charge is 2.16. The van der Waals surface area contributed by atoms with Crippen molar-refractivity contribution in [1.29, 1.82) is 0 Å². The van der Waals surface area contributed by atoms with Crippen LogP contribution in [0.15, 0.2) is 45.2 Å². The van der Waals surface area contributed by atoms with Gasteiger partial charge in [-0.25, -0.2) is 0 Å². The lowest BCUT2D eigenvalue weighted by Gasteiger charge is -2.00. The summed E-state index contributed by atoms with van der Waals surface area (Å²) in [5.41, 5.74) is 0.701. The zero-order chi connectivity index (χ0) is 19.2. The fourth-order valence-electron chi connectivity index (χ4n) is 2.07. The third-order valence-corrected chi connectivity index (χ3v) is 5.49. The zero-order valence-electron chi connectivity index (χ0n) is 14.1. The number of benzene rings is 1. The van der Waals surface area contributed by atoms with Crippen LogP contribution in [0.2, 0.25) is 5.02 Å². The highest BCUT2D eigenvalue weighted by Crippen LogP contribution is 2.30. The first-order valence-electron chi connectivity index (χ1n) is 7.85. The smallest absolute Gasteiger partial charge is 0.316 e. The van der Waals surface area contributed by atoms with Gasteiger partial charge in [0.1, 0.15) is 5.76 Å². The van der Waals surface area contributed by atoms with E-state index in [2.05, 4.69) is 15.5 Å². The third-order valence-electron chi connectivity index (χ3n) is 3.21. The number of carbonyl (C=O) groups is 2. The molecule has 0 bridgehead atoms.